The van der Waals surface area contributed by atoms with Crippen LogP contribution in [0.2, 0.25) is 0 Å². The number of nitrogens with zero attached hydrogens (tertiary/aromatic N) is 3. The van der Waals surface area contributed by atoms with Gasteiger partial charge in [-0.3, -0.25) is 29.4 Å². The lowest BCUT2D eigenvalue weighted by Crippen LogP contribution is -2.54. The highest BCUT2D eigenvalue weighted by Gasteiger charge is 2.46. The predicted octanol–water partition coefficient (Wildman–Crippen LogP) is 0.268. The standard InChI is InChI=1S/C13H9N5O4/c14-17-16-7-3-1-2-6-10(7)13(22)18(12(6)21)8-4-5-9(19)15-11(8)20/h1-3,8H,4-5H2,(H-,15,16,19,20,22)/p+1. The molecule has 0 saturated carbocycles. The Hall–Kier alpha value is -3.28. The van der Waals surface area contributed by atoms with E-state index in [4.69, 9.17) is 5.39 Å². The van der Waals surface area contributed by atoms with Crippen LogP contribution in [-0.2, 0) is 9.59 Å². The molecule has 2 N–H and O–H groups in total. The van der Waals surface area contributed by atoms with E-state index in [0.29, 0.717) is 0 Å². The molecule has 0 aromatic heterocycles. The number of hydrogen-bond donors (Lipinski definition) is 2. The lowest BCUT2D eigenvalue weighted by Gasteiger charge is -2.27. The van der Waals surface area contributed by atoms with E-state index in [9.17, 15) is 19.2 Å². The van der Waals surface area contributed by atoms with Gasteiger partial charge in [0.25, 0.3) is 17.2 Å². The second kappa shape index (κ2) is 4.92. The number of hydrogen-bond acceptors (Lipinski definition) is 6. The van der Waals surface area contributed by atoms with Crippen LogP contribution in [0.4, 0.5) is 5.69 Å². The molecule has 0 aliphatic carbocycles. The van der Waals surface area contributed by atoms with Crippen molar-refractivity contribution >= 4 is 29.3 Å². The van der Waals surface area contributed by atoms with Crippen LogP contribution in [0.3, 0.4) is 0 Å². The van der Waals surface area contributed by atoms with Gasteiger partial charge in [-0.05, 0) is 24.0 Å². The third kappa shape index (κ3) is 1.89. The third-order valence-corrected chi connectivity index (χ3v) is 3.64. The highest BCUT2D eigenvalue weighted by Crippen LogP contribution is 2.32. The van der Waals surface area contributed by atoms with E-state index in [0.717, 1.165) is 4.90 Å². The molecule has 1 fully saturated rings. The smallest absolute Gasteiger partial charge is 0.295 e. The van der Waals surface area contributed by atoms with Gasteiger partial charge >= 0.3 is 5.08 Å². The summed E-state index contributed by atoms with van der Waals surface area (Å²) in [6.45, 7) is 0. The lowest BCUT2D eigenvalue weighted by atomic mass is 10.0. The molecule has 2 aliphatic heterocycles. The van der Waals surface area contributed by atoms with Gasteiger partial charge in [0, 0.05) is 6.42 Å². The fraction of sp³-hybridized carbons (Fsp3) is 0.231. The van der Waals surface area contributed by atoms with Crippen LogP contribution in [0.15, 0.2) is 18.2 Å². The SMILES string of the molecule is N#[N+]Nc1cccc2c1C(=O)N(C1CCC(=O)NC1=O)C2=O. The van der Waals surface area contributed by atoms with Gasteiger partial charge in [0.1, 0.15) is 11.7 Å². The first-order valence-corrected chi connectivity index (χ1v) is 6.49. The molecule has 1 saturated heterocycles. The molecule has 9 nitrogen and oxygen atoms in total. The summed E-state index contributed by atoms with van der Waals surface area (Å²) in [6, 6.07) is 3.41. The van der Waals surface area contributed by atoms with Gasteiger partial charge in [0.2, 0.25) is 11.8 Å². The number of anilines is 1. The average molecular weight is 300 g/mol. The number of nitrogens with one attached hydrogen (secondary N) is 2. The highest BCUT2D eigenvalue weighted by molar-refractivity contribution is 6.25. The highest BCUT2D eigenvalue weighted by atomic mass is 16.2. The summed E-state index contributed by atoms with van der Waals surface area (Å²) >= 11 is 0. The summed E-state index contributed by atoms with van der Waals surface area (Å²) in [5, 5.41) is 13.5. The van der Waals surface area contributed by atoms with Crippen LogP contribution in [0, 0.1) is 5.39 Å². The van der Waals surface area contributed by atoms with Gasteiger partial charge in [-0.1, -0.05) is 6.07 Å². The number of diazo groups is 1. The van der Waals surface area contributed by atoms with Crippen LogP contribution in [0.1, 0.15) is 33.6 Å². The number of piperidine rings is 1. The maximum absolute atomic E-state index is 12.5. The lowest BCUT2D eigenvalue weighted by molar-refractivity contribution is -0.136. The molecule has 0 spiro atoms. The van der Waals surface area contributed by atoms with Crippen LogP contribution in [-0.4, -0.2) is 34.6 Å². The van der Waals surface area contributed by atoms with Crippen molar-refractivity contribution in [3.05, 3.63) is 34.4 Å². The number of amides is 4. The molecule has 1 unspecified atom stereocenters. The van der Waals surface area contributed by atoms with Crippen molar-refractivity contribution in [3.8, 4) is 0 Å². The van der Waals surface area contributed by atoms with E-state index in [1.807, 2.05) is 0 Å². The second-order valence-electron chi connectivity index (χ2n) is 4.89. The van der Waals surface area contributed by atoms with Crippen LogP contribution >= 0.6 is 0 Å². The van der Waals surface area contributed by atoms with Crippen molar-refractivity contribution in [1.29, 1.82) is 5.39 Å². The van der Waals surface area contributed by atoms with E-state index in [-0.39, 0.29) is 29.7 Å². The summed E-state index contributed by atoms with van der Waals surface area (Å²) in [5.41, 5.74) is 2.54. The summed E-state index contributed by atoms with van der Waals surface area (Å²) < 4.78 is 0. The molecule has 1 aromatic carbocycles. The number of carbonyl (C=O) groups excluding carboxylic acids is 4. The molecule has 3 rings (SSSR count). The van der Waals surface area contributed by atoms with Gasteiger partial charge in [-0.25, -0.2) is 0 Å². The molecule has 0 radical (unpaired) electrons. The molecule has 4 amide bonds. The Kier molecular flexibility index (Phi) is 3.06. The molecule has 1 atom stereocenters. The van der Waals surface area contributed by atoms with Crippen molar-refractivity contribution in [2.45, 2.75) is 18.9 Å². The summed E-state index contributed by atoms with van der Waals surface area (Å²) in [7, 11) is 0. The van der Waals surface area contributed by atoms with Gasteiger partial charge in [-0.15, -0.1) is 0 Å². The van der Waals surface area contributed by atoms with E-state index in [2.05, 4.69) is 15.8 Å². The number of rotatable bonds is 2. The zero-order valence-corrected chi connectivity index (χ0v) is 11.2. The maximum Gasteiger partial charge on any atom is 0.308 e. The Bertz CT molecular complexity index is 766. The summed E-state index contributed by atoms with van der Waals surface area (Å²) in [6.07, 6.45) is 0.143. The summed E-state index contributed by atoms with van der Waals surface area (Å²) in [4.78, 5) is 48.8. The first-order valence-electron chi connectivity index (χ1n) is 6.49. The Labute approximate surface area is 123 Å². The van der Waals surface area contributed by atoms with Gasteiger partial charge in [0.15, 0.2) is 0 Å². The Morgan fingerprint density at radius 1 is 1.23 bits per heavy atom. The van der Waals surface area contributed by atoms with E-state index in [1.165, 1.54) is 18.2 Å². The number of imide groups is 2. The zero-order valence-electron chi connectivity index (χ0n) is 11.2. The fourth-order valence-corrected chi connectivity index (χ4v) is 2.66. The van der Waals surface area contributed by atoms with Crippen molar-refractivity contribution < 1.29 is 19.2 Å². The molecule has 0 bridgehead atoms. The maximum atomic E-state index is 12.5. The number of fused-ring (bicyclic) bond motifs is 1. The molecule has 110 valence electrons. The monoisotopic (exact) mass is 300 g/mol. The Morgan fingerprint density at radius 3 is 2.68 bits per heavy atom. The van der Waals surface area contributed by atoms with Gasteiger partial charge in [0.05, 0.1) is 11.1 Å². The molecule has 1 aromatic rings. The fourth-order valence-electron chi connectivity index (χ4n) is 2.66. The Morgan fingerprint density at radius 2 is 2.00 bits per heavy atom. The van der Waals surface area contributed by atoms with Crippen molar-refractivity contribution in [2.75, 3.05) is 5.43 Å². The molecule has 2 aliphatic rings. The number of benzene rings is 1. The minimum absolute atomic E-state index is 0.0370. The first kappa shape index (κ1) is 13.7. The number of carbonyl (C=O) groups is 4. The van der Waals surface area contributed by atoms with Gasteiger partial charge < -0.3 is 0 Å². The molecular weight excluding hydrogens is 290 g/mol. The minimum Gasteiger partial charge on any atom is -0.295 e. The van der Waals surface area contributed by atoms with Crippen LogP contribution < -0.4 is 10.7 Å². The predicted molar refractivity (Wildman–Crippen MR) is 71.8 cm³/mol. The third-order valence-electron chi connectivity index (χ3n) is 3.64. The van der Waals surface area contributed by atoms with E-state index >= 15 is 0 Å². The normalized spacial score (nSPS) is 20.5. The largest absolute Gasteiger partial charge is 0.308 e. The molecule has 9 heteroatoms. The quantitative estimate of drug-likeness (QED) is 0.459. The average Bonchev–Trinajstić information content (AvgIpc) is 2.73. The van der Waals surface area contributed by atoms with Crippen LogP contribution in [0.25, 0.3) is 5.08 Å². The van der Waals surface area contributed by atoms with Crippen molar-refractivity contribution in [3.63, 3.8) is 0 Å². The van der Waals surface area contributed by atoms with E-state index in [1.54, 1.807) is 0 Å². The van der Waals surface area contributed by atoms with Gasteiger partial charge in [-0.2, -0.15) is 0 Å². The zero-order chi connectivity index (χ0) is 15.9. The minimum atomic E-state index is -1.02. The summed E-state index contributed by atoms with van der Waals surface area (Å²) in [5.74, 6) is -2.39. The Balaban J connectivity index is 2.00. The van der Waals surface area contributed by atoms with E-state index < -0.39 is 29.7 Å². The van der Waals surface area contributed by atoms with Crippen LogP contribution in [0.5, 0.6) is 0 Å². The second-order valence-corrected chi connectivity index (χ2v) is 4.89. The van der Waals surface area contributed by atoms with Crippen molar-refractivity contribution in [2.24, 2.45) is 0 Å². The molecule has 2 heterocycles. The van der Waals surface area contributed by atoms with Crippen molar-refractivity contribution in [1.82, 2.24) is 10.2 Å². The molecule has 22 heavy (non-hydrogen) atoms. The first-order chi connectivity index (χ1) is 10.5. The topological polar surface area (TPSA) is 124 Å². The molecular formula is C13H10N5O4+.